The average Bonchev–Trinajstić information content (AvgIpc) is 2.98. The van der Waals surface area contributed by atoms with Crippen molar-refractivity contribution < 1.29 is 32.6 Å². The highest BCUT2D eigenvalue weighted by molar-refractivity contribution is 6.09. The van der Waals surface area contributed by atoms with Crippen molar-refractivity contribution in [2.75, 3.05) is 4.90 Å². The summed E-state index contributed by atoms with van der Waals surface area (Å²) in [5.41, 5.74) is -1.03. The molecule has 0 unspecified atom stereocenters. The minimum absolute atomic E-state index is 0.0804. The maximum Gasteiger partial charge on any atom is 0.424 e. The molecule has 2 amide bonds. The van der Waals surface area contributed by atoms with Gasteiger partial charge in [0.15, 0.2) is 11.4 Å². The molecule has 4 aromatic rings. The number of anilines is 1. The zero-order valence-corrected chi connectivity index (χ0v) is 26.9. The van der Waals surface area contributed by atoms with Gasteiger partial charge in [0.05, 0.1) is 6.26 Å². The second-order valence-corrected chi connectivity index (χ2v) is 12.6. The third-order valence-corrected chi connectivity index (χ3v) is 6.35. The predicted molar refractivity (Wildman–Crippen MR) is 173 cm³/mol. The molecule has 0 atom stereocenters. The van der Waals surface area contributed by atoms with E-state index in [1.807, 2.05) is 61.5 Å². The molecule has 1 heterocycles. The van der Waals surface area contributed by atoms with Crippen LogP contribution < -0.4 is 15.3 Å². The third-order valence-electron chi connectivity index (χ3n) is 6.35. The Labute approximate surface area is 262 Å². The Morgan fingerprint density at radius 3 is 1.98 bits per heavy atom. The molecule has 9 nitrogen and oxygen atoms in total. The van der Waals surface area contributed by atoms with Crippen molar-refractivity contribution in [3.05, 3.63) is 112 Å². The van der Waals surface area contributed by atoms with Gasteiger partial charge in [-0.1, -0.05) is 60.2 Å². The van der Waals surface area contributed by atoms with Gasteiger partial charge in [0, 0.05) is 12.0 Å². The van der Waals surface area contributed by atoms with Gasteiger partial charge in [-0.3, -0.25) is 0 Å². The van der Waals surface area contributed by atoms with Gasteiger partial charge < -0.3 is 23.0 Å². The molecule has 0 radical (unpaired) electrons. The number of carbonyl (C=O) groups excluding carboxylic acids is 2. The standard InChI is InChI=1S/C36H39NO8/c1-23-16-18-28(19-17-23)43-31-24(2)42-32(38)30(37(33(39)44-35(3,4)5)34(40)45-36(6,7)8)22-41-21-27(31)20-26-14-11-13-25-12-9-10-15-29(25)26/h9-19,21-22H,20H2,1-8H3. The molecule has 0 aliphatic carbocycles. The van der Waals surface area contributed by atoms with Crippen molar-refractivity contribution in [2.45, 2.75) is 73.0 Å². The molecule has 1 aromatic heterocycles. The summed E-state index contributed by atoms with van der Waals surface area (Å²) in [5, 5.41) is 2.09. The first-order valence-electron chi connectivity index (χ1n) is 14.6. The monoisotopic (exact) mass is 613 g/mol. The van der Waals surface area contributed by atoms with Crippen LogP contribution in [0.1, 0.15) is 64.0 Å². The summed E-state index contributed by atoms with van der Waals surface area (Å²) < 4.78 is 28.8. The van der Waals surface area contributed by atoms with Crippen LogP contribution in [0.4, 0.5) is 15.3 Å². The van der Waals surface area contributed by atoms with E-state index in [2.05, 4.69) is 0 Å². The van der Waals surface area contributed by atoms with Crippen molar-refractivity contribution in [3.63, 3.8) is 0 Å². The molecule has 0 spiro atoms. The lowest BCUT2D eigenvalue weighted by Crippen LogP contribution is -2.45. The molecule has 9 heteroatoms. The first-order valence-corrected chi connectivity index (χ1v) is 14.6. The van der Waals surface area contributed by atoms with Gasteiger partial charge >= 0.3 is 17.8 Å². The van der Waals surface area contributed by atoms with Crippen molar-refractivity contribution in [1.29, 1.82) is 0 Å². The quantitative estimate of drug-likeness (QED) is 0.219. The number of amides is 2. The summed E-state index contributed by atoms with van der Waals surface area (Å²) in [6.07, 6.45) is 0.421. The number of aryl methyl sites for hydroxylation is 2. The van der Waals surface area contributed by atoms with Gasteiger partial charge in [-0.05, 0) is 83.9 Å². The fourth-order valence-electron chi connectivity index (χ4n) is 4.41. The highest BCUT2D eigenvalue weighted by Crippen LogP contribution is 2.31. The van der Waals surface area contributed by atoms with E-state index < -0.39 is 34.7 Å². The third kappa shape index (κ3) is 8.75. The number of hydrogen-bond acceptors (Lipinski definition) is 8. The van der Waals surface area contributed by atoms with E-state index in [4.69, 9.17) is 23.0 Å². The van der Waals surface area contributed by atoms with Gasteiger partial charge in [-0.25, -0.2) is 14.4 Å². The molecular formula is C36H39NO8. The number of benzene rings is 3. The van der Waals surface area contributed by atoms with E-state index in [-0.39, 0.29) is 11.5 Å². The minimum atomic E-state index is -1.14. The molecule has 0 N–H and O–H groups in total. The molecule has 4 rings (SSSR count). The topological polar surface area (TPSA) is 108 Å². The lowest BCUT2D eigenvalue weighted by Gasteiger charge is -2.27. The van der Waals surface area contributed by atoms with Crippen molar-refractivity contribution in [3.8, 4) is 11.5 Å². The number of ether oxygens (including phenoxy) is 3. The van der Waals surface area contributed by atoms with Crippen LogP contribution in [-0.2, 0) is 15.9 Å². The molecule has 3 aromatic carbocycles. The van der Waals surface area contributed by atoms with E-state index >= 15 is 0 Å². The fourth-order valence-corrected chi connectivity index (χ4v) is 4.41. The van der Waals surface area contributed by atoms with E-state index in [1.54, 1.807) is 60.6 Å². The van der Waals surface area contributed by atoms with Crippen LogP contribution in [-0.4, -0.2) is 23.4 Å². The van der Waals surface area contributed by atoms with Crippen LogP contribution in [0.2, 0.25) is 0 Å². The average molecular weight is 614 g/mol. The largest absolute Gasteiger partial charge is 0.470 e. The van der Waals surface area contributed by atoms with Crippen LogP contribution in [0, 0.1) is 13.8 Å². The van der Waals surface area contributed by atoms with Crippen LogP contribution in [0.15, 0.2) is 92.9 Å². The first kappa shape index (κ1) is 32.9. The number of fused-ring (bicyclic) bond motifs is 1. The zero-order valence-electron chi connectivity index (χ0n) is 26.9. The summed E-state index contributed by atoms with van der Waals surface area (Å²) in [4.78, 5) is 40.7. The summed E-state index contributed by atoms with van der Waals surface area (Å²) in [7, 11) is 0. The number of carbonyl (C=O) groups is 2. The molecule has 0 aliphatic heterocycles. The smallest absolute Gasteiger partial charge is 0.424 e. The number of nitrogens with zero attached hydrogens (tertiary/aromatic N) is 1. The normalized spacial score (nSPS) is 11.5. The molecule has 45 heavy (non-hydrogen) atoms. The molecule has 0 fully saturated rings. The van der Waals surface area contributed by atoms with Gasteiger partial charge in [-0.2, -0.15) is 4.90 Å². The second-order valence-electron chi connectivity index (χ2n) is 12.6. The maximum atomic E-state index is 13.7. The summed E-state index contributed by atoms with van der Waals surface area (Å²) in [6, 6.07) is 21.4. The Morgan fingerprint density at radius 1 is 0.756 bits per heavy atom. The van der Waals surface area contributed by atoms with Crippen LogP contribution >= 0.6 is 0 Å². The highest BCUT2D eigenvalue weighted by atomic mass is 16.6. The summed E-state index contributed by atoms with van der Waals surface area (Å²) in [6.45, 7) is 13.3. The van der Waals surface area contributed by atoms with Gasteiger partial charge in [0.25, 0.3) is 0 Å². The Kier molecular flexibility index (Phi) is 9.71. The van der Waals surface area contributed by atoms with E-state index in [9.17, 15) is 14.4 Å². The van der Waals surface area contributed by atoms with Crippen LogP contribution in [0.5, 0.6) is 11.5 Å². The predicted octanol–water partition coefficient (Wildman–Crippen LogP) is 9.19. The zero-order chi connectivity index (χ0) is 32.9. The molecule has 0 saturated heterocycles. The van der Waals surface area contributed by atoms with Gasteiger partial charge in [0.2, 0.25) is 0 Å². The Morgan fingerprint density at radius 2 is 1.36 bits per heavy atom. The summed E-state index contributed by atoms with van der Waals surface area (Å²) >= 11 is 0. The second kappa shape index (κ2) is 13.3. The maximum absolute atomic E-state index is 13.7. The molecule has 0 aliphatic rings. The summed E-state index contributed by atoms with van der Waals surface area (Å²) in [5.74, 6) is 0.819. The number of hydrogen-bond donors (Lipinski definition) is 0. The van der Waals surface area contributed by atoms with Crippen LogP contribution in [0.25, 0.3) is 10.8 Å². The van der Waals surface area contributed by atoms with Crippen molar-refractivity contribution >= 4 is 28.6 Å². The molecule has 0 bridgehead atoms. The van der Waals surface area contributed by atoms with E-state index in [1.165, 1.54) is 6.26 Å². The van der Waals surface area contributed by atoms with Crippen molar-refractivity contribution in [2.24, 2.45) is 0 Å². The Balaban J connectivity index is 1.94. The van der Waals surface area contributed by atoms with Gasteiger partial charge in [-0.15, -0.1) is 0 Å². The molecular weight excluding hydrogens is 574 g/mol. The Bertz CT molecular complexity index is 1770. The van der Waals surface area contributed by atoms with E-state index in [0.29, 0.717) is 22.6 Å². The molecule has 236 valence electrons. The van der Waals surface area contributed by atoms with Gasteiger partial charge in [0.1, 0.15) is 29.0 Å². The Hall–Kier alpha value is -5.05. The van der Waals surface area contributed by atoms with Crippen molar-refractivity contribution in [1.82, 2.24) is 0 Å². The SMILES string of the molecule is Cc1ccc(Oc2c(Cc3cccc4ccccc34)cocc(N(C(=O)OC(C)(C)C)C(=O)OC(C)(C)C)c(=O)oc2C)cc1. The highest BCUT2D eigenvalue weighted by Gasteiger charge is 2.35. The number of imide groups is 1. The molecule has 0 saturated carbocycles. The first-order chi connectivity index (χ1) is 21.1. The van der Waals surface area contributed by atoms with Crippen LogP contribution in [0.3, 0.4) is 0 Å². The lowest BCUT2D eigenvalue weighted by molar-refractivity contribution is 0.0428. The fraction of sp³-hybridized carbons (Fsp3) is 0.306. The lowest BCUT2D eigenvalue weighted by atomic mass is 9.99. The number of rotatable bonds is 5. The van der Waals surface area contributed by atoms with E-state index in [0.717, 1.165) is 28.2 Å². The minimum Gasteiger partial charge on any atom is -0.470 e.